The Morgan fingerprint density at radius 1 is 1.23 bits per heavy atom. The molecule has 0 aromatic heterocycles. The van der Waals surface area contributed by atoms with Gasteiger partial charge in [-0.1, -0.05) is 12.8 Å². The molecule has 0 aromatic carbocycles. The molecule has 2 aliphatic carbocycles. The molecule has 2 saturated heterocycles. The van der Waals surface area contributed by atoms with Gasteiger partial charge in [-0.15, -0.1) is 0 Å². The molecule has 26 heavy (non-hydrogen) atoms. The van der Waals surface area contributed by atoms with Crippen molar-refractivity contribution in [2.24, 2.45) is 17.1 Å². The van der Waals surface area contributed by atoms with E-state index in [0.29, 0.717) is 19.3 Å². The summed E-state index contributed by atoms with van der Waals surface area (Å²) in [5.74, 6) is -0.329. The number of carbonyl (C=O) groups is 1. The number of methoxy groups -OCH3 is 1. The minimum Gasteiger partial charge on any atom is -0.469 e. The summed E-state index contributed by atoms with van der Waals surface area (Å²) in [6.45, 7) is 3.95. The van der Waals surface area contributed by atoms with E-state index in [2.05, 4.69) is 0 Å². The van der Waals surface area contributed by atoms with Gasteiger partial charge in [0, 0.05) is 5.41 Å². The Kier molecular flexibility index (Phi) is 6.94. The van der Waals surface area contributed by atoms with Crippen LogP contribution in [0.15, 0.2) is 0 Å². The quantitative estimate of drug-likeness (QED) is 0.662. The Labute approximate surface area is 157 Å². The lowest BCUT2D eigenvalue weighted by Gasteiger charge is -2.46. The van der Waals surface area contributed by atoms with Crippen LogP contribution in [0, 0.1) is 11.3 Å². The van der Waals surface area contributed by atoms with Crippen LogP contribution in [0.5, 0.6) is 0 Å². The molecule has 2 N–H and O–H groups in total. The zero-order valence-electron chi connectivity index (χ0n) is 16.3. The third-order valence-corrected chi connectivity index (χ3v) is 6.58. The summed E-state index contributed by atoms with van der Waals surface area (Å²) in [6, 6.07) is -0.201. The molecule has 0 unspecified atom stereocenters. The van der Waals surface area contributed by atoms with Crippen LogP contribution in [0.4, 0.5) is 0 Å². The molecule has 4 aliphatic rings. The second kappa shape index (κ2) is 9.00. The van der Waals surface area contributed by atoms with Crippen molar-refractivity contribution in [1.82, 2.24) is 0 Å². The monoisotopic (exact) mass is 369 g/mol. The van der Waals surface area contributed by atoms with Crippen LogP contribution in [0.1, 0.15) is 58.3 Å². The fourth-order valence-electron chi connectivity index (χ4n) is 4.51. The lowest BCUT2D eigenvalue weighted by molar-refractivity contribution is -0.157. The third kappa shape index (κ3) is 4.77. The molecule has 4 rings (SSSR count). The standard InChI is InChI=1S/C20H35NO5/c1-14(25-12-20-9-7-15(8-10-20)26-13-20)17(21)11-24-18-6-4-3-5-16(18)19(22)23-2/h14-18H,3-13,21H2,1-2H3/t14-,15?,16-,17-,18-,20?/m1/s1. The van der Waals surface area contributed by atoms with Gasteiger partial charge >= 0.3 is 5.97 Å². The molecule has 6 nitrogen and oxygen atoms in total. The number of esters is 1. The number of fused-ring (bicyclic) bond motifs is 3. The highest BCUT2D eigenvalue weighted by atomic mass is 16.5. The topological polar surface area (TPSA) is 80.0 Å². The van der Waals surface area contributed by atoms with E-state index >= 15 is 0 Å². The maximum absolute atomic E-state index is 11.9. The van der Waals surface area contributed by atoms with Crippen molar-refractivity contribution in [3.8, 4) is 0 Å². The maximum atomic E-state index is 11.9. The summed E-state index contributed by atoms with van der Waals surface area (Å²) in [4.78, 5) is 11.9. The van der Waals surface area contributed by atoms with E-state index in [1.807, 2.05) is 6.92 Å². The molecule has 2 bridgehead atoms. The Hall–Kier alpha value is -0.690. The van der Waals surface area contributed by atoms with E-state index in [1.54, 1.807) is 0 Å². The second-order valence-corrected chi connectivity index (χ2v) is 8.48. The van der Waals surface area contributed by atoms with Gasteiger partial charge in [0.25, 0.3) is 0 Å². The minimum absolute atomic E-state index is 0.0795. The van der Waals surface area contributed by atoms with Gasteiger partial charge < -0.3 is 24.7 Å². The summed E-state index contributed by atoms with van der Waals surface area (Å²) in [6.07, 6.45) is 8.87. The van der Waals surface area contributed by atoms with Gasteiger partial charge in [0.15, 0.2) is 0 Å². The van der Waals surface area contributed by atoms with E-state index in [9.17, 15) is 4.79 Å². The van der Waals surface area contributed by atoms with Crippen molar-refractivity contribution < 1.29 is 23.7 Å². The lowest BCUT2D eigenvalue weighted by Crippen LogP contribution is -2.48. The normalized spacial score (nSPS) is 36.5. The van der Waals surface area contributed by atoms with Gasteiger partial charge in [0.2, 0.25) is 0 Å². The van der Waals surface area contributed by atoms with Crippen LogP contribution in [0.2, 0.25) is 0 Å². The average Bonchev–Trinajstić information content (AvgIpc) is 2.71. The van der Waals surface area contributed by atoms with Crippen LogP contribution in [0.25, 0.3) is 0 Å². The summed E-state index contributed by atoms with van der Waals surface area (Å²) in [5, 5.41) is 0. The van der Waals surface area contributed by atoms with E-state index in [4.69, 9.17) is 24.7 Å². The first-order valence-corrected chi connectivity index (χ1v) is 10.2. The second-order valence-electron chi connectivity index (χ2n) is 8.48. The highest BCUT2D eigenvalue weighted by Crippen LogP contribution is 2.43. The number of rotatable bonds is 8. The molecular weight excluding hydrogens is 334 g/mol. The molecule has 4 atom stereocenters. The molecule has 0 amide bonds. The molecule has 0 aromatic rings. The van der Waals surface area contributed by atoms with E-state index in [1.165, 1.54) is 20.0 Å². The molecule has 2 aliphatic heterocycles. The van der Waals surface area contributed by atoms with Crippen LogP contribution in [0.3, 0.4) is 0 Å². The Bertz CT molecular complexity index is 449. The highest BCUT2D eigenvalue weighted by Gasteiger charge is 2.42. The maximum Gasteiger partial charge on any atom is 0.311 e. The van der Waals surface area contributed by atoms with Crippen molar-refractivity contribution in [3.63, 3.8) is 0 Å². The Morgan fingerprint density at radius 2 is 1.96 bits per heavy atom. The zero-order chi connectivity index (χ0) is 18.6. The number of carbonyl (C=O) groups excluding carboxylic acids is 1. The van der Waals surface area contributed by atoms with E-state index in [-0.39, 0.29) is 35.6 Å². The minimum atomic E-state index is -0.201. The van der Waals surface area contributed by atoms with Crippen LogP contribution in [-0.2, 0) is 23.7 Å². The Balaban J connectivity index is 1.42. The molecule has 150 valence electrons. The molecule has 6 heteroatoms. The molecule has 0 spiro atoms. The van der Waals surface area contributed by atoms with Crippen molar-refractivity contribution in [3.05, 3.63) is 0 Å². The van der Waals surface area contributed by atoms with Gasteiger partial charge in [0.05, 0.1) is 57.2 Å². The molecule has 0 radical (unpaired) electrons. The van der Waals surface area contributed by atoms with Crippen molar-refractivity contribution in [1.29, 1.82) is 0 Å². The largest absolute Gasteiger partial charge is 0.469 e. The number of ether oxygens (including phenoxy) is 4. The average molecular weight is 370 g/mol. The number of hydrogen-bond acceptors (Lipinski definition) is 6. The van der Waals surface area contributed by atoms with Gasteiger partial charge in [-0.2, -0.15) is 0 Å². The third-order valence-electron chi connectivity index (χ3n) is 6.58. The smallest absolute Gasteiger partial charge is 0.311 e. The predicted octanol–water partition coefficient (Wildman–Crippen LogP) is 2.43. The predicted molar refractivity (Wildman–Crippen MR) is 97.7 cm³/mol. The van der Waals surface area contributed by atoms with Gasteiger partial charge in [-0.05, 0) is 45.4 Å². The van der Waals surface area contributed by atoms with Crippen LogP contribution < -0.4 is 5.73 Å². The fraction of sp³-hybridized carbons (Fsp3) is 0.950. The Morgan fingerprint density at radius 3 is 2.62 bits per heavy atom. The summed E-state index contributed by atoms with van der Waals surface area (Å²) in [5.41, 5.74) is 6.48. The number of hydrogen-bond donors (Lipinski definition) is 1. The van der Waals surface area contributed by atoms with Gasteiger partial charge in [-0.3, -0.25) is 4.79 Å². The lowest BCUT2D eigenvalue weighted by atomic mass is 9.72. The first kappa shape index (κ1) is 20.1. The molecule has 2 saturated carbocycles. The van der Waals surface area contributed by atoms with Gasteiger partial charge in [-0.25, -0.2) is 0 Å². The highest BCUT2D eigenvalue weighted by molar-refractivity contribution is 5.73. The summed E-state index contributed by atoms with van der Waals surface area (Å²) in [7, 11) is 1.44. The van der Waals surface area contributed by atoms with Gasteiger partial charge in [0.1, 0.15) is 0 Å². The SMILES string of the molecule is COC(=O)[C@@H]1CCCC[C@H]1OC[C@@H](N)[C@@H](C)OCC12CCC(CC1)OC2. The van der Waals surface area contributed by atoms with E-state index in [0.717, 1.165) is 45.1 Å². The first-order chi connectivity index (χ1) is 12.5. The molecular formula is C20H35NO5. The first-order valence-electron chi connectivity index (χ1n) is 10.2. The van der Waals surface area contributed by atoms with Crippen LogP contribution >= 0.6 is 0 Å². The van der Waals surface area contributed by atoms with Crippen LogP contribution in [-0.4, -0.2) is 57.3 Å². The van der Waals surface area contributed by atoms with Crippen molar-refractivity contribution in [2.45, 2.75) is 82.6 Å². The summed E-state index contributed by atoms with van der Waals surface area (Å²) < 4.78 is 22.9. The van der Waals surface area contributed by atoms with Crippen molar-refractivity contribution >= 4 is 5.97 Å². The fourth-order valence-corrected chi connectivity index (χ4v) is 4.51. The molecule has 4 fully saturated rings. The summed E-state index contributed by atoms with van der Waals surface area (Å²) >= 11 is 0. The molecule has 2 heterocycles. The van der Waals surface area contributed by atoms with Crippen molar-refractivity contribution in [2.75, 3.05) is 26.9 Å². The zero-order valence-corrected chi connectivity index (χ0v) is 16.3. The van der Waals surface area contributed by atoms with E-state index < -0.39 is 0 Å². The number of nitrogens with two attached hydrogens (primary N) is 1.